The molecule has 0 atom stereocenters. The van der Waals surface area contributed by atoms with Gasteiger partial charge in [0, 0.05) is 36.6 Å². The summed E-state index contributed by atoms with van der Waals surface area (Å²) < 4.78 is 5.07. The van der Waals surface area contributed by atoms with Crippen molar-refractivity contribution < 1.29 is 9.53 Å². The van der Waals surface area contributed by atoms with Crippen LogP contribution in [0, 0.1) is 20.8 Å². The van der Waals surface area contributed by atoms with Crippen LogP contribution in [0.4, 0.5) is 22.2 Å². The molecule has 1 aliphatic rings. The van der Waals surface area contributed by atoms with Crippen molar-refractivity contribution in [3.05, 3.63) is 41.1 Å². The number of carbonyl (C=O) groups is 1. The van der Waals surface area contributed by atoms with Gasteiger partial charge in [-0.25, -0.2) is 9.78 Å². The number of nitrogens with one attached hydrogen (secondary N) is 2. The van der Waals surface area contributed by atoms with E-state index in [1.54, 1.807) is 4.90 Å². The van der Waals surface area contributed by atoms with E-state index in [9.17, 15) is 4.79 Å². The number of nitrogens with zero attached hydrogens (tertiary/aromatic N) is 3. The van der Waals surface area contributed by atoms with Crippen LogP contribution in [0.5, 0.6) is 0 Å². The van der Waals surface area contributed by atoms with E-state index in [0.29, 0.717) is 25.6 Å². The van der Waals surface area contributed by atoms with E-state index in [2.05, 4.69) is 46.6 Å². The van der Waals surface area contributed by atoms with E-state index in [-0.39, 0.29) is 12.1 Å². The summed E-state index contributed by atoms with van der Waals surface area (Å²) in [5.41, 5.74) is 4.39. The summed E-state index contributed by atoms with van der Waals surface area (Å²) in [6.45, 7) is 9.75. The van der Waals surface area contributed by atoms with Crippen molar-refractivity contribution in [1.82, 2.24) is 14.9 Å². The summed E-state index contributed by atoms with van der Waals surface area (Å²) in [5, 5.41) is 6.83. The zero-order valence-electron chi connectivity index (χ0n) is 17.1. The molecule has 0 radical (unpaired) electrons. The number of aromatic nitrogens is 2. The molecule has 2 aromatic rings. The predicted octanol–water partition coefficient (Wildman–Crippen LogP) is 4.18. The highest BCUT2D eigenvalue weighted by atomic mass is 16.6. The minimum absolute atomic E-state index is 0.229. The molecule has 28 heavy (non-hydrogen) atoms. The lowest BCUT2D eigenvalue weighted by Gasteiger charge is -2.31. The van der Waals surface area contributed by atoms with Gasteiger partial charge in [0.2, 0.25) is 5.95 Å². The van der Waals surface area contributed by atoms with Gasteiger partial charge in [0.25, 0.3) is 0 Å². The molecule has 1 fully saturated rings. The second kappa shape index (κ2) is 8.91. The van der Waals surface area contributed by atoms with Gasteiger partial charge in [-0.05, 0) is 57.7 Å². The fourth-order valence-corrected chi connectivity index (χ4v) is 3.33. The normalized spacial score (nSPS) is 14.6. The Morgan fingerprint density at radius 3 is 2.68 bits per heavy atom. The van der Waals surface area contributed by atoms with Crippen LogP contribution in [0.3, 0.4) is 0 Å². The van der Waals surface area contributed by atoms with Gasteiger partial charge < -0.3 is 20.3 Å². The van der Waals surface area contributed by atoms with Crippen molar-refractivity contribution in [2.45, 2.75) is 46.6 Å². The van der Waals surface area contributed by atoms with Crippen LogP contribution in [-0.2, 0) is 4.74 Å². The predicted molar refractivity (Wildman–Crippen MR) is 111 cm³/mol. The molecule has 1 aromatic carbocycles. The summed E-state index contributed by atoms with van der Waals surface area (Å²) in [5.74, 6) is 1.38. The van der Waals surface area contributed by atoms with Gasteiger partial charge in [-0.15, -0.1) is 0 Å². The van der Waals surface area contributed by atoms with Crippen molar-refractivity contribution in [2.24, 2.45) is 0 Å². The molecule has 1 aromatic heterocycles. The smallest absolute Gasteiger partial charge is 0.409 e. The van der Waals surface area contributed by atoms with Crippen LogP contribution in [0.2, 0.25) is 0 Å². The Bertz CT molecular complexity index is 832. The van der Waals surface area contributed by atoms with Gasteiger partial charge in [0.1, 0.15) is 5.82 Å². The number of ether oxygens (including phenoxy) is 1. The van der Waals surface area contributed by atoms with Crippen molar-refractivity contribution in [2.75, 3.05) is 30.3 Å². The quantitative estimate of drug-likeness (QED) is 0.806. The zero-order valence-corrected chi connectivity index (χ0v) is 17.1. The maximum absolute atomic E-state index is 11.8. The number of carbonyl (C=O) groups excluding carboxylic acids is 1. The van der Waals surface area contributed by atoms with Gasteiger partial charge >= 0.3 is 6.09 Å². The van der Waals surface area contributed by atoms with Gasteiger partial charge in [-0.2, -0.15) is 4.98 Å². The van der Waals surface area contributed by atoms with Crippen LogP contribution in [0.25, 0.3) is 0 Å². The van der Waals surface area contributed by atoms with Crippen molar-refractivity contribution in [3.63, 3.8) is 0 Å². The van der Waals surface area contributed by atoms with Crippen LogP contribution >= 0.6 is 0 Å². The van der Waals surface area contributed by atoms with Gasteiger partial charge in [-0.1, -0.05) is 12.1 Å². The van der Waals surface area contributed by atoms with Gasteiger partial charge in [0.05, 0.1) is 6.61 Å². The lowest BCUT2D eigenvalue weighted by atomic mass is 10.1. The number of likely N-dealkylation sites (tertiary alicyclic amines) is 1. The molecule has 0 unspecified atom stereocenters. The summed E-state index contributed by atoms with van der Waals surface area (Å²) >= 11 is 0. The highest BCUT2D eigenvalue weighted by molar-refractivity contribution is 5.67. The Morgan fingerprint density at radius 1 is 1.21 bits per heavy atom. The van der Waals surface area contributed by atoms with E-state index < -0.39 is 0 Å². The molecular formula is C21H29N5O2. The van der Waals surface area contributed by atoms with Crippen molar-refractivity contribution in [3.8, 4) is 0 Å². The zero-order chi connectivity index (χ0) is 20.1. The molecule has 150 valence electrons. The first-order valence-corrected chi connectivity index (χ1v) is 9.83. The Balaban J connectivity index is 1.64. The second-order valence-electron chi connectivity index (χ2n) is 7.20. The maximum atomic E-state index is 11.8. The van der Waals surface area contributed by atoms with E-state index in [4.69, 9.17) is 4.74 Å². The number of piperidine rings is 1. The number of anilines is 3. The SMILES string of the molecule is CCOC(=O)N1CCC(Nc2nc(C)cc(Nc3cccc(C)c3C)n2)CC1. The minimum Gasteiger partial charge on any atom is -0.450 e. The molecule has 7 heteroatoms. The highest BCUT2D eigenvalue weighted by Gasteiger charge is 2.24. The molecule has 7 nitrogen and oxygen atoms in total. The average Bonchev–Trinajstić information content (AvgIpc) is 2.66. The fourth-order valence-electron chi connectivity index (χ4n) is 3.33. The molecule has 1 amide bonds. The van der Waals surface area contributed by atoms with E-state index >= 15 is 0 Å². The molecule has 2 heterocycles. The Morgan fingerprint density at radius 2 is 1.96 bits per heavy atom. The number of hydrogen-bond acceptors (Lipinski definition) is 6. The molecule has 2 N–H and O–H groups in total. The van der Waals surface area contributed by atoms with Crippen LogP contribution in [0.1, 0.15) is 36.6 Å². The van der Waals surface area contributed by atoms with Gasteiger partial charge in [0.15, 0.2) is 0 Å². The first-order chi connectivity index (χ1) is 13.5. The number of benzene rings is 1. The molecule has 1 saturated heterocycles. The number of hydrogen-bond donors (Lipinski definition) is 2. The molecule has 1 aliphatic heterocycles. The van der Waals surface area contributed by atoms with E-state index in [0.717, 1.165) is 30.0 Å². The summed E-state index contributed by atoms with van der Waals surface area (Å²) in [6, 6.07) is 8.37. The minimum atomic E-state index is -0.229. The molecule has 0 spiro atoms. The molecule has 0 aliphatic carbocycles. The topological polar surface area (TPSA) is 79.4 Å². The Labute approximate surface area is 166 Å². The summed E-state index contributed by atoms with van der Waals surface area (Å²) in [4.78, 5) is 22.7. The first-order valence-electron chi connectivity index (χ1n) is 9.83. The Hall–Kier alpha value is -2.83. The van der Waals surface area contributed by atoms with Gasteiger partial charge in [-0.3, -0.25) is 0 Å². The average molecular weight is 383 g/mol. The van der Waals surface area contributed by atoms with Crippen LogP contribution in [0.15, 0.2) is 24.3 Å². The fraction of sp³-hybridized carbons (Fsp3) is 0.476. The lowest BCUT2D eigenvalue weighted by Crippen LogP contribution is -2.42. The standard InChI is InChI=1S/C21H29N5O2/c1-5-28-21(27)26-11-9-17(10-12-26)23-20-22-15(3)13-19(25-20)24-18-8-6-7-14(2)16(18)4/h6-8,13,17H,5,9-12H2,1-4H3,(H2,22,23,24,25). The third kappa shape index (κ3) is 4.91. The van der Waals surface area contributed by atoms with Crippen LogP contribution < -0.4 is 10.6 Å². The summed E-state index contributed by atoms with van der Waals surface area (Å²) in [6.07, 6.45) is 1.46. The Kier molecular flexibility index (Phi) is 6.34. The first kappa shape index (κ1) is 19.9. The summed E-state index contributed by atoms with van der Waals surface area (Å²) in [7, 11) is 0. The van der Waals surface area contributed by atoms with Crippen LogP contribution in [-0.4, -0.2) is 46.7 Å². The third-order valence-corrected chi connectivity index (χ3v) is 5.08. The second-order valence-corrected chi connectivity index (χ2v) is 7.20. The number of amides is 1. The van der Waals surface area contributed by atoms with Crippen molar-refractivity contribution in [1.29, 1.82) is 0 Å². The lowest BCUT2D eigenvalue weighted by molar-refractivity contribution is 0.0983. The maximum Gasteiger partial charge on any atom is 0.409 e. The molecular weight excluding hydrogens is 354 g/mol. The number of rotatable bonds is 5. The van der Waals surface area contributed by atoms with E-state index in [1.807, 2.05) is 26.0 Å². The monoisotopic (exact) mass is 383 g/mol. The van der Waals surface area contributed by atoms with E-state index in [1.165, 1.54) is 11.1 Å². The molecule has 0 saturated carbocycles. The molecule has 0 bridgehead atoms. The third-order valence-electron chi connectivity index (χ3n) is 5.08. The molecule has 3 rings (SSSR count). The largest absolute Gasteiger partial charge is 0.450 e. The van der Waals surface area contributed by atoms with Crippen molar-refractivity contribution >= 4 is 23.5 Å². The highest BCUT2D eigenvalue weighted by Crippen LogP contribution is 2.23. The number of aryl methyl sites for hydroxylation is 2.